The normalized spacial score (nSPS) is 11.4. The van der Waals surface area contributed by atoms with Gasteiger partial charge in [0.1, 0.15) is 16.7 Å². The van der Waals surface area contributed by atoms with Gasteiger partial charge in [0.15, 0.2) is 0 Å². The first kappa shape index (κ1) is 57.2. The summed E-state index contributed by atoms with van der Waals surface area (Å²) < 4.78 is 15.2. The van der Waals surface area contributed by atoms with Crippen LogP contribution >= 0.6 is 0 Å². The molecule has 7 heteroatoms. The summed E-state index contributed by atoms with van der Waals surface area (Å²) in [7, 11) is 0. The molecule has 0 bridgehead atoms. The molecule has 0 aliphatic carbocycles. The first-order valence-corrected chi connectivity index (χ1v) is 30.4. The molecule has 0 aliphatic rings. The van der Waals surface area contributed by atoms with Crippen molar-refractivity contribution in [3.63, 3.8) is 0 Å². The van der Waals surface area contributed by atoms with Gasteiger partial charge in [-0.25, -0.2) is 0 Å². The third-order valence-corrected chi connectivity index (χ3v) is 16.9. The predicted octanol–water partition coefficient (Wildman–Crippen LogP) is 22.3. The Bertz CT molecular complexity index is 5110. The van der Waals surface area contributed by atoms with Gasteiger partial charge in [-0.15, -0.1) is 89.5 Å². The van der Waals surface area contributed by atoms with Crippen molar-refractivity contribution >= 4 is 54.9 Å². The van der Waals surface area contributed by atoms with Crippen LogP contribution in [0.1, 0.15) is 50.7 Å². The van der Waals surface area contributed by atoms with E-state index in [2.05, 4.69) is 242 Å². The molecule has 0 N–H and O–H groups in total. The molecule has 11 aromatic carbocycles. The Morgan fingerprint density at radius 3 is 1.62 bits per heavy atom. The monoisotopic (exact) mass is 1340 g/mol. The molecule has 0 unspecified atom stereocenters. The molecule has 0 spiro atoms. The number of para-hydroxylation sites is 4. The SMILES string of the molecule is CC(C)c1cc(-c2ccc3c(c2)oc2ccccc23)cc(C(C)C)c1-n1c(-c2[c-]ccc3c2oc2ccccc23)nc2ccccc21.[Ir+3].[c-]1ccccc1-c1cc(-c2ccccc2-c2ccccc2-c2ccccc2-c2cc[c-]c(-c3ccccn3)c2)ccn1. The number of aromatic nitrogens is 4. The number of fused-ring (bicyclic) bond motifs is 7. The molecule has 90 heavy (non-hydrogen) atoms. The van der Waals surface area contributed by atoms with Crippen molar-refractivity contribution in [2.75, 3.05) is 0 Å². The van der Waals surface area contributed by atoms with Crippen LogP contribution in [0.4, 0.5) is 0 Å². The van der Waals surface area contributed by atoms with Crippen molar-refractivity contribution in [1.82, 2.24) is 19.5 Å². The van der Waals surface area contributed by atoms with E-state index < -0.39 is 0 Å². The van der Waals surface area contributed by atoms with Gasteiger partial charge in [-0.3, -0.25) is 4.98 Å². The number of imidazole rings is 1. The van der Waals surface area contributed by atoms with Gasteiger partial charge in [-0.05, 0) is 145 Å². The van der Waals surface area contributed by atoms with Crippen molar-refractivity contribution in [2.24, 2.45) is 0 Å². The van der Waals surface area contributed by atoms with Crippen molar-refractivity contribution in [2.45, 2.75) is 39.5 Å². The van der Waals surface area contributed by atoms with Crippen LogP contribution in [-0.4, -0.2) is 19.5 Å². The summed E-state index contributed by atoms with van der Waals surface area (Å²) >= 11 is 0. The predicted molar refractivity (Wildman–Crippen MR) is 366 cm³/mol. The number of benzene rings is 11. The zero-order chi connectivity index (χ0) is 60.0. The number of pyridine rings is 2. The first-order valence-electron chi connectivity index (χ1n) is 30.4. The van der Waals surface area contributed by atoms with E-state index in [1.165, 1.54) is 50.2 Å². The maximum absolute atomic E-state index is 6.52. The summed E-state index contributed by atoms with van der Waals surface area (Å²) in [5.41, 5.74) is 25.4. The van der Waals surface area contributed by atoms with E-state index >= 15 is 0 Å². The fourth-order valence-corrected chi connectivity index (χ4v) is 12.7. The van der Waals surface area contributed by atoms with E-state index in [1.54, 1.807) is 0 Å². The summed E-state index contributed by atoms with van der Waals surface area (Å²) in [6.45, 7) is 9.11. The molecule has 0 saturated carbocycles. The maximum atomic E-state index is 6.52. The van der Waals surface area contributed by atoms with E-state index in [4.69, 9.17) is 13.8 Å². The van der Waals surface area contributed by atoms with Crippen LogP contribution in [0.5, 0.6) is 0 Å². The van der Waals surface area contributed by atoms with Crippen LogP contribution in [0.2, 0.25) is 0 Å². The average Bonchev–Trinajstić information content (AvgIpc) is 1.58. The second-order valence-electron chi connectivity index (χ2n) is 23.1. The minimum Gasteiger partial charge on any atom is -0.501 e. The minimum absolute atomic E-state index is 0. The van der Waals surface area contributed by atoms with Crippen LogP contribution in [0, 0.1) is 18.2 Å². The number of furan rings is 2. The summed E-state index contributed by atoms with van der Waals surface area (Å²) in [5, 5.41) is 4.44. The topological polar surface area (TPSA) is 69.9 Å². The van der Waals surface area contributed by atoms with Crippen molar-refractivity contribution in [3.05, 3.63) is 303 Å². The van der Waals surface area contributed by atoms with Gasteiger partial charge in [0.25, 0.3) is 0 Å². The van der Waals surface area contributed by atoms with Crippen LogP contribution in [0.15, 0.2) is 282 Å². The molecule has 0 fully saturated rings. The van der Waals surface area contributed by atoms with Gasteiger partial charge in [0, 0.05) is 34.2 Å². The van der Waals surface area contributed by atoms with Crippen LogP contribution in [0.25, 0.3) is 150 Å². The first-order chi connectivity index (χ1) is 43.8. The summed E-state index contributed by atoms with van der Waals surface area (Å²) in [5.74, 6) is 1.32. The largest absolute Gasteiger partial charge is 3.00 e. The Morgan fingerprint density at radius 2 is 0.944 bits per heavy atom. The Hall–Kier alpha value is -10.6. The van der Waals surface area contributed by atoms with Crippen molar-refractivity contribution in [3.8, 4) is 95.2 Å². The second kappa shape index (κ2) is 24.5. The molecule has 0 radical (unpaired) electrons. The minimum atomic E-state index is 0. The molecule has 16 rings (SSSR count). The molecular formula is C83H59IrN4O2. The average molecular weight is 1340 g/mol. The number of hydrogen-bond donors (Lipinski definition) is 0. The van der Waals surface area contributed by atoms with Crippen LogP contribution in [-0.2, 0) is 20.1 Å². The van der Waals surface area contributed by atoms with Crippen LogP contribution in [0.3, 0.4) is 0 Å². The molecule has 0 amide bonds. The number of rotatable bonds is 11. The zero-order valence-electron chi connectivity index (χ0n) is 50.1. The Morgan fingerprint density at radius 1 is 0.378 bits per heavy atom. The van der Waals surface area contributed by atoms with Crippen molar-refractivity contribution in [1.29, 1.82) is 0 Å². The van der Waals surface area contributed by atoms with Gasteiger partial charge < -0.3 is 23.4 Å². The molecular weight excluding hydrogens is 1280 g/mol. The second-order valence-corrected chi connectivity index (χ2v) is 23.1. The van der Waals surface area contributed by atoms with E-state index in [-0.39, 0.29) is 31.9 Å². The fourth-order valence-electron chi connectivity index (χ4n) is 12.7. The molecule has 0 aliphatic heterocycles. The van der Waals surface area contributed by atoms with Crippen LogP contribution < -0.4 is 0 Å². The fraction of sp³-hybridized carbons (Fsp3) is 0.0723. The molecule has 5 aromatic heterocycles. The smallest absolute Gasteiger partial charge is 0.501 e. The van der Waals surface area contributed by atoms with E-state index in [0.29, 0.717) is 0 Å². The number of nitrogens with zero attached hydrogens (tertiary/aromatic N) is 4. The molecule has 16 aromatic rings. The summed E-state index contributed by atoms with van der Waals surface area (Å²) in [4.78, 5) is 14.5. The Balaban J connectivity index is 0.000000156. The maximum Gasteiger partial charge on any atom is 3.00 e. The quantitative estimate of drug-likeness (QED) is 0.121. The van der Waals surface area contributed by atoms with Gasteiger partial charge in [-0.2, -0.15) is 0 Å². The molecule has 5 heterocycles. The molecule has 6 nitrogen and oxygen atoms in total. The molecule has 0 atom stereocenters. The number of hydrogen-bond acceptors (Lipinski definition) is 5. The van der Waals surface area contributed by atoms with Crippen molar-refractivity contribution < 1.29 is 28.9 Å². The van der Waals surface area contributed by atoms with Gasteiger partial charge in [0.05, 0.1) is 22.4 Å². The third-order valence-electron chi connectivity index (χ3n) is 16.9. The summed E-state index contributed by atoms with van der Waals surface area (Å²) in [6.07, 6.45) is 3.70. The van der Waals surface area contributed by atoms with E-state index in [9.17, 15) is 0 Å². The molecule has 0 saturated heterocycles. The third kappa shape index (κ3) is 10.6. The Kier molecular flexibility index (Phi) is 15.6. The van der Waals surface area contributed by atoms with E-state index in [1.807, 2.05) is 91.3 Å². The van der Waals surface area contributed by atoms with E-state index in [0.717, 1.165) is 111 Å². The zero-order valence-corrected chi connectivity index (χ0v) is 52.5. The standard InChI is InChI=1S/C43H33N2O2.C40H26N2.Ir/c1-25(2)34-22-28(27-20-21-31-29-12-5-9-18-38(29)46-40(31)24-27)23-35(26(3)4)41(34)45-37-17-8-7-16-36(37)44-43(45)33-15-11-14-32-30-13-6-10-19-39(30)47-42(32)33;1-2-13-29(14-3-1)40-28-31(24-26-42-40)34-18-5-7-20-36(34)38-22-9-8-21-37(38)35-19-6-4-17-33(35)30-15-12-16-32(27-30)39-23-10-11-25-41-39;/h5-14,16-26H,1-4H3;1-13,15,17-28H;/q-1;-2;+3. The van der Waals surface area contributed by atoms with Gasteiger partial charge in [-0.1, -0.05) is 184 Å². The Labute approximate surface area is 537 Å². The van der Waals surface area contributed by atoms with Gasteiger partial charge in [0.2, 0.25) is 0 Å². The molecule has 432 valence electrons. The summed E-state index contributed by atoms with van der Waals surface area (Å²) in [6, 6.07) is 101. The van der Waals surface area contributed by atoms with Gasteiger partial charge >= 0.3 is 20.1 Å².